The third-order valence-electron chi connectivity index (χ3n) is 5.18. The number of likely N-dealkylation sites (tertiary alicyclic amines) is 1. The molecule has 2 heterocycles. The van der Waals surface area contributed by atoms with Crippen LogP contribution in [0.25, 0.3) is 0 Å². The quantitative estimate of drug-likeness (QED) is 0.651. The first-order chi connectivity index (χ1) is 14.2. The molecule has 1 aromatic heterocycles. The average Bonchev–Trinajstić information content (AvgIpc) is 3.14. The van der Waals surface area contributed by atoms with Crippen molar-refractivity contribution in [1.29, 1.82) is 0 Å². The van der Waals surface area contributed by atoms with Crippen LogP contribution in [-0.2, 0) is 22.7 Å². The molecule has 5 heteroatoms. The van der Waals surface area contributed by atoms with Crippen molar-refractivity contribution in [2.45, 2.75) is 19.5 Å². The van der Waals surface area contributed by atoms with Gasteiger partial charge in [0.15, 0.2) is 0 Å². The summed E-state index contributed by atoms with van der Waals surface area (Å²) in [5, 5.41) is 0. The fourth-order valence-corrected chi connectivity index (χ4v) is 3.69. The first-order valence-electron chi connectivity index (χ1n) is 9.78. The lowest BCUT2D eigenvalue weighted by Gasteiger charge is -2.26. The van der Waals surface area contributed by atoms with E-state index >= 15 is 0 Å². The second kappa shape index (κ2) is 8.69. The van der Waals surface area contributed by atoms with Gasteiger partial charge in [0.05, 0.1) is 12.5 Å². The van der Waals surface area contributed by atoms with Crippen molar-refractivity contribution >= 4 is 17.5 Å². The molecular weight excluding hydrogens is 362 g/mol. The molecule has 1 aliphatic rings. The summed E-state index contributed by atoms with van der Waals surface area (Å²) in [6.07, 6.45) is 3.72. The summed E-state index contributed by atoms with van der Waals surface area (Å²) in [6.45, 7) is 1.40. The van der Waals surface area contributed by atoms with E-state index in [1.54, 1.807) is 22.2 Å². The molecule has 1 atom stereocenters. The van der Waals surface area contributed by atoms with Gasteiger partial charge in [0.1, 0.15) is 0 Å². The molecule has 2 aromatic carbocycles. The third-order valence-corrected chi connectivity index (χ3v) is 5.18. The Labute approximate surface area is 170 Å². The van der Waals surface area contributed by atoms with E-state index < -0.39 is 0 Å². The fourth-order valence-electron chi connectivity index (χ4n) is 3.69. The lowest BCUT2D eigenvalue weighted by molar-refractivity contribution is -0.128. The monoisotopic (exact) mass is 385 g/mol. The van der Waals surface area contributed by atoms with Crippen molar-refractivity contribution in [3.63, 3.8) is 0 Å². The van der Waals surface area contributed by atoms with Crippen molar-refractivity contribution in [3.05, 3.63) is 96.3 Å². The minimum Gasteiger partial charge on any atom is -0.337 e. The van der Waals surface area contributed by atoms with Crippen LogP contribution in [0.3, 0.4) is 0 Å². The van der Waals surface area contributed by atoms with Crippen molar-refractivity contribution in [1.82, 2.24) is 9.88 Å². The number of carbonyl (C=O) groups excluding carboxylic acids is 2. The topological polar surface area (TPSA) is 53.5 Å². The molecule has 1 unspecified atom stereocenters. The highest BCUT2D eigenvalue weighted by atomic mass is 16.2. The summed E-state index contributed by atoms with van der Waals surface area (Å²) in [6, 6.07) is 23.4. The minimum atomic E-state index is -0.344. The number of amides is 2. The molecule has 2 amide bonds. The van der Waals surface area contributed by atoms with Crippen molar-refractivity contribution in [3.8, 4) is 0 Å². The van der Waals surface area contributed by atoms with Gasteiger partial charge in [-0.05, 0) is 29.3 Å². The number of pyridine rings is 1. The molecule has 4 rings (SSSR count). The number of benzene rings is 2. The summed E-state index contributed by atoms with van der Waals surface area (Å²) in [5.74, 6) is -0.342. The van der Waals surface area contributed by atoms with Crippen LogP contribution in [0, 0.1) is 5.92 Å². The summed E-state index contributed by atoms with van der Waals surface area (Å²) < 4.78 is 0. The second-order valence-electron chi connectivity index (χ2n) is 7.28. The number of rotatable bonds is 6. The third kappa shape index (κ3) is 4.51. The van der Waals surface area contributed by atoms with Gasteiger partial charge in [-0.25, -0.2) is 0 Å². The zero-order valence-electron chi connectivity index (χ0n) is 16.1. The van der Waals surface area contributed by atoms with E-state index in [1.165, 1.54) is 0 Å². The van der Waals surface area contributed by atoms with Crippen LogP contribution in [0.1, 0.15) is 17.5 Å². The number of hydrogen-bond acceptors (Lipinski definition) is 3. The van der Waals surface area contributed by atoms with Gasteiger partial charge in [-0.1, -0.05) is 54.6 Å². The van der Waals surface area contributed by atoms with Gasteiger partial charge in [0, 0.05) is 37.6 Å². The summed E-state index contributed by atoms with van der Waals surface area (Å²) in [7, 11) is 0. The molecule has 1 fully saturated rings. The smallest absolute Gasteiger partial charge is 0.232 e. The van der Waals surface area contributed by atoms with Gasteiger partial charge in [0.2, 0.25) is 11.8 Å². The van der Waals surface area contributed by atoms with Gasteiger partial charge in [0.25, 0.3) is 0 Å². The molecule has 0 N–H and O–H groups in total. The molecule has 5 nitrogen and oxygen atoms in total. The van der Waals surface area contributed by atoms with E-state index in [2.05, 4.69) is 4.98 Å². The first-order valence-corrected chi connectivity index (χ1v) is 9.78. The van der Waals surface area contributed by atoms with Crippen LogP contribution in [0.5, 0.6) is 0 Å². The molecule has 1 aliphatic heterocycles. The van der Waals surface area contributed by atoms with Crippen LogP contribution in [0.2, 0.25) is 0 Å². The number of carbonyl (C=O) groups is 2. The first kappa shape index (κ1) is 18.9. The summed E-state index contributed by atoms with van der Waals surface area (Å²) in [4.78, 5) is 33.6. The van der Waals surface area contributed by atoms with Crippen molar-refractivity contribution < 1.29 is 9.59 Å². The Morgan fingerprint density at radius 2 is 1.66 bits per heavy atom. The van der Waals surface area contributed by atoms with E-state index in [-0.39, 0.29) is 24.2 Å². The molecule has 0 bridgehead atoms. The van der Waals surface area contributed by atoms with Gasteiger partial charge in [-0.15, -0.1) is 0 Å². The van der Waals surface area contributed by atoms with Gasteiger partial charge < -0.3 is 9.80 Å². The molecule has 1 saturated heterocycles. The maximum Gasteiger partial charge on any atom is 0.232 e. The molecule has 0 spiro atoms. The highest BCUT2D eigenvalue weighted by Gasteiger charge is 2.37. The van der Waals surface area contributed by atoms with Crippen LogP contribution >= 0.6 is 0 Å². The normalized spacial score (nSPS) is 16.1. The highest BCUT2D eigenvalue weighted by molar-refractivity contribution is 5.99. The predicted molar refractivity (Wildman–Crippen MR) is 112 cm³/mol. The number of nitrogens with zero attached hydrogens (tertiary/aromatic N) is 3. The van der Waals surface area contributed by atoms with Crippen LogP contribution in [0.15, 0.2) is 85.2 Å². The Hall–Kier alpha value is -3.47. The van der Waals surface area contributed by atoms with Crippen molar-refractivity contribution in [2.75, 3.05) is 11.4 Å². The Kier molecular flexibility index (Phi) is 5.66. The molecule has 146 valence electrons. The molecule has 0 aliphatic carbocycles. The summed E-state index contributed by atoms with van der Waals surface area (Å²) in [5.41, 5.74) is 2.87. The van der Waals surface area contributed by atoms with Gasteiger partial charge >= 0.3 is 0 Å². The summed E-state index contributed by atoms with van der Waals surface area (Å²) >= 11 is 0. The molecule has 29 heavy (non-hydrogen) atoms. The number of hydrogen-bond donors (Lipinski definition) is 0. The van der Waals surface area contributed by atoms with Gasteiger partial charge in [-0.2, -0.15) is 0 Å². The molecule has 0 radical (unpaired) electrons. The van der Waals surface area contributed by atoms with Gasteiger partial charge in [-0.3, -0.25) is 14.6 Å². The molecule has 0 saturated carbocycles. The Morgan fingerprint density at radius 1 is 0.966 bits per heavy atom. The maximum atomic E-state index is 13.4. The highest BCUT2D eigenvalue weighted by Crippen LogP contribution is 2.26. The zero-order valence-corrected chi connectivity index (χ0v) is 16.1. The Bertz CT molecular complexity index is 961. The standard InChI is InChI=1S/C24H23N3O2/c28-23-14-21(18-26(23)16-20-10-7-13-25-15-20)24(29)27(22-11-5-2-6-12-22)17-19-8-3-1-4-9-19/h1-13,15,21H,14,16-18H2. The largest absolute Gasteiger partial charge is 0.337 e. The maximum absolute atomic E-state index is 13.4. The Morgan fingerprint density at radius 3 is 2.34 bits per heavy atom. The number of aromatic nitrogens is 1. The number of anilines is 1. The molecule has 3 aromatic rings. The van der Waals surface area contributed by atoms with Crippen LogP contribution in [0.4, 0.5) is 5.69 Å². The molecular formula is C24H23N3O2. The van der Waals surface area contributed by atoms with E-state index in [0.717, 1.165) is 16.8 Å². The lowest BCUT2D eigenvalue weighted by atomic mass is 10.1. The lowest BCUT2D eigenvalue weighted by Crippen LogP contribution is -2.37. The van der Waals surface area contributed by atoms with E-state index in [4.69, 9.17) is 0 Å². The van der Waals surface area contributed by atoms with Crippen LogP contribution < -0.4 is 4.90 Å². The van der Waals surface area contributed by atoms with E-state index in [9.17, 15) is 9.59 Å². The Balaban J connectivity index is 1.52. The predicted octanol–water partition coefficient (Wildman–Crippen LogP) is 3.66. The fraction of sp³-hybridized carbons (Fsp3) is 0.208. The van der Waals surface area contributed by atoms with Crippen LogP contribution in [-0.4, -0.2) is 28.2 Å². The van der Waals surface area contributed by atoms with Crippen molar-refractivity contribution in [2.24, 2.45) is 5.92 Å². The minimum absolute atomic E-state index is 0.0120. The van der Waals surface area contributed by atoms with E-state index in [1.807, 2.05) is 72.8 Å². The second-order valence-corrected chi connectivity index (χ2v) is 7.28. The van der Waals surface area contributed by atoms with E-state index in [0.29, 0.717) is 19.6 Å². The SMILES string of the molecule is O=C1CC(C(=O)N(Cc2ccccc2)c2ccccc2)CN1Cc1cccnc1. The average molecular weight is 385 g/mol. The zero-order chi connectivity index (χ0) is 20.1. The number of para-hydroxylation sites is 1.